The number of rotatable bonds is 2. The fraction of sp³-hybridized carbons (Fsp3) is 0.308. The maximum absolute atomic E-state index is 11.5. The first-order chi connectivity index (χ1) is 9.03. The maximum Gasteiger partial charge on any atom is 0.152 e. The molecule has 1 aliphatic rings. The van der Waals surface area contributed by atoms with E-state index in [4.69, 9.17) is 11.6 Å². The van der Waals surface area contributed by atoms with E-state index in [-0.39, 0.29) is 17.5 Å². The average Bonchev–Trinajstić information content (AvgIpc) is 2.68. The second-order valence-corrected chi connectivity index (χ2v) is 7.37. The van der Waals surface area contributed by atoms with E-state index >= 15 is 0 Å². The van der Waals surface area contributed by atoms with Crippen molar-refractivity contribution in [3.8, 4) is 0 Å². The van der Waals surface area contributed by atoms with Crippen molar-refractivity contribution in [2.24, 2.45) is 0 Å². The SMILES string of the molecule is O=S1(=O)CCC(Nc2nc(Cl)cc3ccccc23)C1. The summed E-state index contributed by atoms with van der Waals surface area (Å²) in [5, 5.41) is 5.56. The monoisotopic (exact) mass is 296 g/mol. The number of anilines is 1. The Morgan fingerprint density at radius 2 is 2.11 bits per heavy atom. The minimum atomic E-state index is -2.90. The number of halogens is 1. The highest BCUT2D eigenvalue weighted by atomic mass is 35.5. The fourth-order valence-corrected chi connectivity index (χ4v) is 4.25. The first kappa shape index (κ1) is 12.7. The van der Waals surface area contributed by atoms with Gasteiger partial charge >= 0.3 is 0 Å². The predicted octanol–water partition coefficient (Wildman–Crippen LogP) is 2.49. The van der Waals surface area contributed by atoms with E-state index in [1.165, 1.54) is 0 Å². The summed E-state index contributed by atoms with van der Waals surface area (Å²) in [5.41, 5.74) is 0. The molecule has 1 aromatic heterocycles. The van der Waals surface area contributed by atoms with E-state index in [1.807, 2.05) is 24.3 Å². The van der Waals surface area contributed by atoms with Crippen molar-refractivity contribution in [3.63, 3.8) is 0 Å². The fourth-order valence-electron chi connectivity index (χ4n) is 2.38. The van der Waals surface area contributed by atoms with Crippen LogP contribution in [0.1, 0.15) is 6.42 Å². The minimum Gasteiger partial charge on any atom is -0.366 e. The summed E-state index contributed by atoms with van der Waals surface area (Å²) in [6.07, 6.45) is 0.616. The van der Waals surface area contributed by atoms with Crippen LogP contribution in [0.4, 0.5) is 5.82 Å². The molecule has 2 aromatic rings. The molecule has 1 saturated heterocycles. The normalized spacial score (nSPS) is 21.6. The molecule has 4 nitrogen and oxygen atoms in total. The van der Waals surface area contributed by atoms with Crippen LogP contribution in [0.3, 0.4) is 0 Å². The number of sulfone groups is 1. The summed E-state index contributed by atoms with van der Waals surface area (Å²) in [6, 6.07) is 9.48. The van der Waals surface area contributed by atoms with Gasteiger partial charge in [0, 0.05) is 11.4 Å². The quantitative estimate of drug-likeness (QED) is 0.865. The van der Waals surface area contributed by atoms with Gasteiger partial charge in [0.25, 0.3) is 0 Å². The number of benzene rings is 1. The second kappa shape index (κ2) is 4.65. The van der Waals surface area contributed by atoms with E-state index < -0.39 is 9.84 Å². The van der Waals surface area contributed by atoms with Gasteiger partial charge in [-0.05, 0) is 17.9 Å². The Kier molecular flexibility index (Phi) is 3.11. The van der Waals surface area contributed by atoms with Gasteiger partial charge < -0.3 is 5.32 Å². The molecule has 19 heavy (non-hydrogen) atoms. The molecule has 0 radical (unpaired) electrons. The average molecular weight is 297 g/mol. The molecule has 1 N–H and O–H groups in total. The van der Waals surface area contributed by atoms with Gasteiger partial charge in [0.2, 0.25) is 0 Å². The Morgan fingerprint density at radius 3 is 2.84 bits per heavy atom. The summed E-state index contributed by atoms with van der Waals surface area (Å²) < 4.78 is 23.0. The van der Waals surface area contributed by atoms with E-state index in [2.05, 4.69) is 10.3 Å². The van der Waals surface area contributed by atoms with Crippen molar-refractivity contribution in [3.05, 3.63) is 35.5 Å². The van der Waals surface area contributed by atoms with Crippen molar-refractivity contribution in [2.45, 2.75) is 12.5 Å². The molecule has 2 heterocycles. The van der Waals surface area contributed by atoms with Crippen molar-refractivity contribution < 1.29 is 8.42 Å². The zero-order valence-electron chi connectivity index (χ0n) is 10.1. The molecule has 100 valence electrons. The first-order valence-corrected chi connectivity index (χ1v) is 8.26. The summed E-state index contributed by atoms with van der Waals surface area (Å²) >= 11 is 6.00. The summed E-state index contributed by atoms with van der Waals surface area (Å²) in [7, 11) is -2.90. The lowest BCUT2D eigenvalue weighted by Gasteiger charge is -2.14. The van der Waals surface area contributed by atoms with Gasteiger partial charge in [-0.1, -0.05) is 35.9 Å². The molecule has 1 fully saturated rings. The lowest BCUT2D eigenvalue weighted by Crippen LogP contribution is -2.21. The smallest absolute Gasteiger partial charge is 0.152 e. The summed E-state index contributed by atoms with van der Waals surface area (Å²) in [4.78, 5) is 4.27. The van der Waals surface area contributed by atoms with E-state index in [0.717, 1.165) is 10.8 Å². The number of aromatic nitrogens is 1. The number of hydrogen-bond donors (Lipinski definition) is 1. The Bertz CT molecular complexity index is 731. The molecule has 0 amide bonds. The lowest BCUT2D eigenvalue weighted by molar-refractivity contribution is 0.602. The lowest BCUT2D eigenvalue weighted by atomic mass is 10.1. The van der Waals surface area contributed by atoms with Crippen molar-refractivity contribution in [1.29, 1.82) is 0 Å². The zero-order valence-corrected chi connectivity index (χ0v) is 11.7. The molecule has 0 bridgehead atoms. The van der Waals surface area contributed by atoms with Crippen LogP contribution in [-0.2, 0) is 9.84 Å². The Labute approximate surface area is 116 Å². The molecule has 1 aliphatic heterocycles. The number of fused-ring (bicyclic) bond motifs is 1. The van der Waals surface area contributed by atoms with Crippen molar-refractivity contribution in [1.82, 2.24) is 4.98 Å². The highest BCUT2D eigenvalue weighted by Crippen LogP contribution is 2.26. The molecule has 1 unspecified atom stereocenters. The highest BCUT2D eigenvalue weighted by molar-refractivity contribution is 7.91. The standard InChI is InChI=1S/C13H13ClN2O2S/c14-12-7-9-3-1-2-4-11(9)13(16-12)15-10-5-6-19(17,18)8-10/h1-4,7,10H,5-6,8H2,(H,15,16). The Balaban J connectivity index is 1.97. The van der Waals surface area contributed by atoms with Crippen LogP contribution < -0.4 is 5.32 Å². The third kappa shape index (κ3) is 2.67. The number of hydrogen-bond acceptors (Lipinski definition) is 4. The van der Waals surface area contributed by atoms with Gasteiger partial charge in [0.15, 0.2) is 9.84 Å². The molecular formula is C13H13ClN2O2S. The molecule has 3 rings (SSSR count). The molecule has 1 atom stereocenters. The second-order valence-electron chi connectivity index (χ2n) is 4.76. The van der Waals surface area contributed by atoms with Crippen LogP contribution in [0.2, 0.25) is 5.15 Å². The molecule has 1 aromatic carbocycles. The zero-order chi connectivity index (χ0) is 13.5. The van der Waals surface area contributed by atoms with Gasteiger partial charge in [-0.3, -0.25) is 0 Å². The van der Waals surface area contributed by atoms with Crippen LogP contribution in [0, 0.1) is 0 Å². The summed E-state index contributed by atoms with van der Waals surface area (Å²) in [5.74, 6) is 1.06. The van der Waals surface area contributed by atoms with Crippen LogP contribution >= 0.6 is 11.6 Å². The molecule has 0 aliphatic carbocycles. The minimum absolute atomic E-state index is 0.0839. The number of nitrogens with one attached hydrogen (secondary N) is 1. The molecule has 0 spiro atoms. The maximum atomic E-state index is 11.5. The Hall–Kier alpha value is -1.33. The number of nitrogens with zero attached hydrogens (tertiary/aromatic N) is 1. The van der Waals surface area contributed by atoms with Crippen LogP contribution in [0.25, 0.3) is 10.8 Å². The summed E-state index contributed by atoms with van der Waals surface area (Å²) in [6.45, 7) is 0. The largest absolute Gasteiger partial charge is 0.366 e. The molecular weight excluding hydrogens is 284 g/mol. The third-order valence-electron chi connectivity index (χ3n) is 3.28. The third-order valence-corrected chi connectivity index (χ3v) is 5.24. The van der Waals surface area contributed by atoms with Gasteiger partial charge in [0.1, 0.15) is 11.0 Å². The van der Waals surface area contributed by atoms with E-state index in [1.54, 1.807) is 6.07 Å². The van der Waals surface area contributed by atoms with Crippen molar-refractivity contribution in [2.75, 3.05) is 16.8 Å². The van der Waals surface area contributed by atoms with Crippen LogP contribution in [0.15, 0.2) is 30.3 Å². The van der Waals surface area contributed by atoms with E-state index in [9.17, 15) is 8.42 Å². The van der Waals surface area contributed by atoms with Gasteiger partial charge in [-0.15, -0.1) is 0 Å². The van der Waals surface area contributed by atoms with Gasteiger partial charge in [0.05, 0.1) is 11.5 Å². The molecule has 0 saturated carbocycles. The molecule has 6 heteroatoms. The van der Waals surface area contributed by atoms with Crippen LogP contribution in [-0.4, -0.2) is 30.9 Å². The van der Waals surface area contributed by atoms with Gasteiger partial charge in [-0.2, -0.15) is 0 Å². The van der Waals surface area contributed by atoms with Gasteiger partial charge in [-0.25, -0.2) is 13.4 Å². The first-order valence-electron chi connectivity index (χ1n) is 6.06. The number of pyridine rings is 1. The van der Waals surface area contributed by atoms with E-state index in [0.29, 0.717) is 17.4 Å². The highest BCUT2D eigenvalue weighted by Gasteiger charge is 2.28. The topological polar surface area (TPSA) is 59.1 Å². The predicted molar refractivity (Wildman–Crippen MR) is 77.4 cm³/mol. The van der Waals surface area contributed by atoms with Crippen LogP contribution in [0.5, 0.6) is 0 Å². The Morgan fingerprint density at radius 1 is 1.32 bits per heavy atom. The van der Waals surface area contributed by atoms with Crippen molar-refractivity contribution >= 4 is 38.0 Å².